The average Bonchev–Trinajstić information content (AvgIpc) is 3.14. The van der Waals surface area contributed by atoms with Gasteiger partial charge in [0.25, 0.3) is 6.01 Å². The maximum Gasteiger partial charge on any atom is 0.297 e. The molecule has 2 unspecified atom stereocenters. The molecule has 1 aromatic carbocycles. The van der Waals surface area contributed by atoms with Gasteiger partial charge in [0.1, 0.15) is 17.6 Å². The van der Waals surface area contributed by atoms with Crippen LogP contribution in [0.25, 0.3) is 0 Å². The van der Waals surface area contributed by atoms with E-state index >= 15 is 0 Å². The molecule has 3 aliphatic rings. The molecule has 0 spiro atoms. The zero-order chi connectivity index (χ0) is 23.0. The van der Waals surface area contributed by atoms with Crippen LogP contribution in [0.4, 0.5) is 0 Å². The fourth-order valence-corrected chi connectivity index (χ4v) is 5.94. The molecule has 2 aromatic rings. The minimum Gasteiger partial charge on any atom is -0.461 e. The molecule has 0 bridgehead atoms. The van der Waals surface area contributed by atoms with Crippen molar-refractivity contribution in [2.45, 2.75) is 77.4 Å². The molecule has 0 amide bonds. The molecule has 1 N–H and O–H groups in total. The van der Waals surface area contributed by atoms with Gasteiger partial charge in [-0.05, 0) is 63.4 Å². The van der Waals surface area contributed by atoms with Gasteiger partial charge in [0.2, 0.25) is 0 Å². The van der Waals surface area contributed by atoms with E-state index in [2.05, 4.69) is 12.1 Å². The number of fused-ring (bicyclic) bond motifs is 2. The van der Waals surface area contributed by atoms with Gasteiger partial charge < -0.3 is 9.84 Å². The van der Waals surface area contributed by atoms with Crippen LogP contribution in [-0.4, -0.2) is 38.9 Å². The van der Waals surface area contributed by atoms with Gasteiger partial charge in [-0.15, -0.1) is 0 Å². The van der Waals surface area contributed by atoms with Crippen molar-refractivity contribution in [3.05, 3.63) is 47.3 Å². The van der Waals surface area contributed by atoms with Crippen molar-refractivity contribution in [1.82, 2.24) is 9.55 Å². The highest BCUT2D eigenvalue weighted by Crippen LogP contribution is 2.60. The molecule has 1 heterocycles. The molecule has 6 heteroatoms. The molecule has 5 rings (SSSR count). The predicted molar refractivity (Wildman–Crippen MR) is 124 cm³/mol. The third kappa shape index (κ3) is 4.14. The van der Waals surface area contributed by atoms with E-state index in [4.69, 9.17) is 9.72 Å². The van der Waals surface area contributed by atoms with Gasteiger partial charge in [0.05, 0.1) is 12.2 Å². The molecular formula is C27H34N2O4. The first-order valence-corrected chi connectivity index (χ1v) is 12.5. The van der Waals surface area contributed by atoms with E-state index < -0.39 is 5.41 Å². The highest BCUT2D eigenvalue weighted by molar-refractivity contribution is 6.06. The van der Waals surface area contributed by atoms with Crippen molar-refractivity contribution < 1.29 is 19.4 Å². The normalized spacial score (nSPS) is 27.5. The summed E-state index contributed by atoms with van der Waals surface area (Å²) in [5, 5.41) is 9.41. The van der Waals surface area contributed by atoms with Crippen molar-refractivity contribution in [2.24, 2.45) is 17.3 Å². The lowest BCUT2D eigenvalue weighted by Gasteiger charge is -2.19. The zero-order valence-corrected chi connectivity index (χ0v) is 19.5. The summed E-state index contributed by atoms with van der Waals surface area (Å²) in [6, 6.07) is 10.6. The summed E-state index contributed by atoms with van der Waals surface area (Å²) in [6.45, 7) is 2.54. The Morgan fingerprint density at radius 3 is 2.64 bits per heavy atom. The lowest BCUT2D eigenvalue weighted by molar-refractivity contribution is -0.128. The largest absolute Gasteiger partial charge is 0.461 e. The number of Topliss-reactive ketones (excluding diaryl/α,β-unsaturated/α-hetero) is 2. The second-order valence-electron chi connectivity index (χ2n) is 10.2. The van der Waals surface area contributed by atoms with Crippen LogP contribution < -0.4 is 4.74 Å². The third-order valence-corrected chi connectivity index (χ3v) is 7.92. The number of rotatable bonds is 7. The molecule has 3 atom stereocenters. The minimum atomic E-state index is -0.616. The maximum absolute atomic E-state index is 13.9. The molecule has 176 valence electrons. The Bertz CT molecular complexity index is 1020. The van der Waals surface area contributed by atoms with Crippen molar-refractivity contribution in [1.29, 1.82) is 0 Å². The molecule has 0 aliphatic heterocycles. The van der Waals surface area contributed by atoms with Gasteiger partial charge in [0.15, 0.2) is 5.78 Å². The highest BCUT2D eigenvalue weighted by Gasteiger charge is 2.63. The van der Waals surface area contributed by atoms with E-state index in [1.54, 1.807) is 0 Å². The first-order chi connectivity index (χ1) is 16.0. The lowest BCUT2D eigenvalue weighted by atomic mass is 9.83. The number of aliphatic hydroxyl groups is 1. The monoisotopic (exact) mass is 450 g/mol. The maximum atomic E-state index is 13.9. The van der Waals surface area contributed by atoms with Crippen LogP contribution in [0.5, 0.6) is 6.01 Å². The molecule has 1 aromatic heterocycles. The number of nitrogens with zero attached hydrogens (tertiary/aromatic N) is 2. The third-order valence-electron chi connectivity index (χ3n) is 7.92. The number of carbonyl (C=O) groups excluding carboxylic acids is 2. The summed E-state index contributed by atoms with van der Waals surface area (Å²) >= 11 is 0. The van der Waals surface area contributed by atoms with Crippen LogP contribution in [0.2, 0.25) is 0 Å². The molecule has 2 saturated carbocycles. The number of imidazole rings is 1. The van der Waals surface area contributed by atoms with Crippen molar-refractivity contribution in [3.8, 4) is 6.01 Å². The fraction of sp³-hybridized carbons (Fsp3) is 0.593. The number of hydrogen-bond acceptors (Lipinski definition) is 5. The molecule has 2 fully saturated rings. The number of benzene rings is 1. The second kappa shape index (κ2) is 9.05. The number of hydrogen-bond donors (Lipinski definition) is 1. The van der Waals surface area contributed by atoms with Crippen molar-refractivity contribution in [2.75, 3.05) is 6.61 Å². The van der Waals surface area contributed by atoms with E-state index in [1.165, 1.54) is 0 Å². The molecule has 33 heavy (non-hydrogen) atoms. The summed E-state index contributed by atoms with van der Waals surface area (Å²) in [4.78, 5) is 32.1. The quantitative estimate of drug-likeness (QED) is 0.678. The standard InChI is InChI=1S/C27H34N2O4/c1-18-12-13-22-23(24(31)21-16-27(21,25(18)32)14-7-15-30)29(17-19-8-3-2-4-9-19)26(28-22)33-20-10-5-6-11-20/h2-4,8-9,18,20-21,30H,5-7,10-17H2,1H3/t18?,21?,27-/m1/s1. The topological polar surface area (TPSA) is 81.4 Å². The van der Waals surface area contributed by atoms with E-state index in [-0.39, 0.29) is 36.1 Å². The van der Waals surface area contributed by atoms with E-state index in [1.807, 2.05) is 29.7 Å². The van der Waals surface area contributed by atoms with Crippen LogP contribution in [0, 0.1) is 17.3 Å². The summed E-state index contributed by atoms with van der Waals surface area (Å²) in [7, 11) is 0. The SMILES string of the molecule is CC1CCc2nc(OC3CCCC3)n(Cc3ccccc3)c2C(=O)C2C[C@@]2(CCCO)C1=O. The molecule has 0 saturated heterocycles. The number of aromatic nitrogens is 2. The molecular weight excluding hydrogens is 416 g/mol. The number of aryl methyl sites for hydroxylation is 1. The number of ketones is 2. The molecule has 0 radical (unpaired) electrons. The Kier molecular flexibility index (Phi) is 6.12. The Morgan fingerprint density at radius 1 is 1.15 bits per heavy atom. The first-order valence-electron chi connectivity index (χ1n) is 12.5. The van der Waals surface area contributed by atoms with Crippen LogP contribution in [0.3, 0.4) is 0 Å². The van der Waals surface area contributed by atoms with E-state index in [9.17, 15) is 14.7 Å². The fourth-order valence-electron chi connectivity index (χ4n) is 5.94. The van der Waals surface area contributed by atoms with Crippen LogP contribution >= 0.6 is 0 Å². The van der Waals surface area contributed by atoms with Crippen LogP contribution in [-0.2, 0) is 17.8 Å². The number of carbonyl (C=O) groups is 2. The van der Waals surface area contributed by atoms with Crippen LogP contribution in [0.1, 0.15) is 80.0 Å². The Labute approximate surface area is 195 Å². The summed E-state index contributed by atoms with van der Waals surface area (Å²) in [5.41, 5.74) is 1.88. The zero-order valence-electron chi connectivity index (χ0n) is 19.5. The lowest BCUT2D eigenvalue weighted by Crippen LogP contribution is -2.27. The summed E-state index contributed by atoms with van der Waals surface area (Å²) < 4.78 is 8.35. The first kappa shape index (κ1) is 22.3. The van der Waals surface area contributed by atoms with Gasteiger partial charge in [-0.25, -0.2) is 0 Å². The highest BCUT2D eigenvalue weighted by atomic mass is 16.5. The average molecular weight is 451 g/mol. The van der Waals surface area contributed by atoms with E-state index in [0.29, 0.717) is 50.4 Å². The Balaban J connectivity index is 1.55. The predicted octanol–water partition coefficient (Wildman–Crippen LogP) is 4.37. The van der Waals surface area contributed by atoms with Gasteiger partial charge in [-0.1, -0.05) is 37.3 Å². The number of ether oxygens (including phenoxy) is 1. The summed E-state index contributed by atoms with van der Waals surface area (Å²) in [6.07, 6.45) is 7.52. The number of aliphatic hydroxyl groups excluding tert-OH is 1. The van der Waals surface area contributed by atoms with Crippen LogP contribution in [0.15, 0.2) is 30.3 Å². The summed E-state index contributed by atoms with van der Waals surface area (Å²) in [5.74, 6) is -0.223. The molecule has 6 nitrogen and oxygen atoms in total. The minimum absolute atomic E-state index is 0.0232. The smallest absolute Gasteiger partial charge is 0.297 e. The van der Waals surface area contributed by atoms with E-state index in [0.717, 1.165) is 36.9 Å². The van der Waals surface area contributed by atoms with Gasteiger partial charge in [0, 0.05) is 23.9 Å². The van der Waals surface area contributed by atoms with Gasteiger partial charge in [-0.2, -0.15) is 4.98 Å². The van der Waals surface area contributed by atoms with Gasteiger partial charge >= 0.3 is 0 Å². The Morgan fingerprint density at radius 2 is 1.91 bits per heavy atom. The van der Waals surface area contributed by atoms with Crippen molar-refractivity contribution in [3.63, 3.8) is 0 Å². The Hall–Kier alpha value is -2.47. The van der Waals surface area contributed by atoms with Crippen molar-refractivity contribution >= 4 is 11.6 Å². The molecule has 3 aliphatic carbocycles. The van der Waals surface area contributed by atoms with Gasteiger partial charge in [-0.3, -0.25) is 14.2 Å². The second-order valence-corrected chi connectivity index (χ2v) is 10.2.